The van der Waals surface area contributed by atoms with E-state index in [1.807, 2.05) is 0 Å². The summed E-state index contributed by atoms with van der Waals surface area (Å²) >= 11 is 0. The topological polar surface area (TPSA) is 118 Å². The molecule has 0 aromatic heterocycles. The Kier molecular flexibility index (Phi) is 24.4. The number of hydrogen-bond acceptors (Lipinski definition) is 5. The SMILES string of the molecule is CCCCC(CC)COS(=O)(=O)CC(CC)CCCC.O=C(O)CCC(=O)O.[NaH]. The first-order valence-corrected chi connectivity index (χ1v) is 12.0. The molecule has 170 valence electrons. The van der Waals surface area contributed by atoms with Crippen molar-refractivity contribution in [1.29, 1.82) is 0 Å². The Hall–Kier alpha value is -0.150. The van der Waals surface area contributed by atoms with Crippen molar-refractivity contribution in [3.05, 3.63) is 0 Å². The third kappa shape index (κ3) is 24.0. The fraction of sp³-hybridized carbons (Fsp3) is 0.900. The van der Waals surface area contributed by atoms with Gasteiger partial charge in [0.2, 0.25) is 0 Å². The molecule has 0 rings (SSSR count). The van der Waals surface area contributed by atoms with Crippen LogP contribution in [0.2, 0.25) is 0 Å². The van der Waals surface area contributed by atoms with E-state index in [9.17, 15) is 18.0 Å². The average Bonchev–Trinajstić information content (AvgIpc) is 2.64. The normalized spacial score (nSPS) is 12.8. The monoisotopic (exact) mass is 448 g/mol. The standard InChI is InChI=1S/C16H34O3S.C4H6O4.Na.H/c1-5-9-11-15(7-3)13-19-20(17,18)14-16(8-4)12-10-6-2;5-3(6)1-2-4(7)8;;/h15-16H,5-14H2,1-4H3;1-2H2,(H,5,6)(H,7,8);;. The summed E-state index contributed by atoms with van der Waals surface area (Å²) in [5, 5.41) is 15.8. The molecule has 7 nitrogen and oxygen atoms in total. The summed E-state index contributed by atoms with van der Waals surface area (Å²) in [5.74, 6) is -1.34. The van der Waals surface area contributed by atoms with Gasteiger partial charge in [0.1, 0.15) is 0 Å². The van der Waals surface area contributed by atoms with Gasteiger partial charge in [-0.1, -0.05) is 66.2 Å². The predicted molar refractivity (Wildman–Crippen MR) is 118 cm³/mol. The molecule has 0 aliphatic rings. The van der Waals surface area contributed by atoms with Crippen molar-refractivity contribution in [3.8, 4) is 0 Å². The molecule has 0 aliphatic carbocycles. The molecular formula is C20H41NaO7S. The van der Waals surface area contributed by atoms with Crippen LogP contribution in [0.5, 0.6) is 0 Å². The summed E-state index contributed by atoms with van der Waals surface area (Å²) < 4.78 is 29.3. The molecule has 0 radical (unpaired) electrons. The molecule has 0 saturated carbocycles. The first-order valence-electron chi connectivity index (χ1n) is 10.4. The number of unbranched alkanes of at least 4 members (excludes halogenated alkanes) is 2. The van der Waals surface area contributed by atoms with Gasteiger partial charge in [-0.15, -0.1) is 0 Å². The second kappa shape index (κ2) is 21.1. The van der Waals surface area contributed by atoms with E-state index in [1.54, 1.807) is 0 Å². The number of aliphatic carboxylic acids is 2. The van der Waals surface area contributed by atoms with Gasteiger partial charge in [-0.3, -0.25) is 13.8 Å². The summed E-state index contributed by atoms with van der Waals surface area (Å²) in [6, 6.07) is 0. The van der Waals surface area contributed by atoms with E-state index in [4.69, 9.17) is 14.4 Å². The van der Waals surface area contributed by atoms with Crippen molar-refractivity contribution in [2.45, 2.75) is 91.9 Å². The van der Waals surface area contributed by atoms with Crippen LogP contribution in [0, 0.1) is 11.8 Å². The molecule has 0 spiro atoms. The quantitative estimate of drug-likeness (QED) is 0.270. The van der Waals surface area contributed by atoms with Gasteiger partial charge in [0.25, 0.3) is 10.1 Å². The molecule has 0 aromatic carbocycles. The summed E-state index contributed by atoms with van der Waals surface area (Å²) in [4.78, 5) is 19.3. The van der Waals surface area contributed by atoms with E-state index in [1.165, 1.54) is 0 Å². The first kappa shape index (κ1) is 33.5. The Morgan fingerprint density at radius 3 is 1.59 bits per heavy atom. The molecule has 0 aliphatic heterocycles. The molecule has 0 saturated heterocycles. The summed E-state index contributed by atoms with van der Waals surface area (Å²) in [6.45, 7) is 8.82. The van der Waals surface area contributed by atoms with E-state index in [0.717, 1.165) is 51.4 Å². The molecule has 0 aromatic rings. The van der Waals surface area contributed by atoms with Gasteiger partial charge in [-0.25, -0.2) is 0 Å². The van der Waals surface area contributed by atoms with Gasteiger partial charge in [0.15, 0.2) is 0 Å². The van der Waals surface area contributed by atoms with Gasteiger partial charge in [0.05, 0.1) is 25.2 Å². The molecule has 0 bridgehead atoms. The van der Waals surface area contributed by atoms with Gasteiger partial charge < -0.3 is 10.2 Å². The molecule has 2 unspecified atom stereocenters. The zero-order chi connectivity index (χ0) is 22.0. The number of carbonyl (C=O) groups is 2. The molecule has 9 heteroatoms. The zero-order valence-corrected chi connectivity index (χ0v) is 18.8. The van der Waals surface area contributed by atoms with Gasteiger partial charge >= 0.3 is 41.5 Å². The van der Waals surface area contributed by atoms with Gasteiger partial charge in [-0.05, 0) is 24.7 Å². The Labute approximate surface area is 199 Å². The third-order valence-electron chi connectivity index (χ3n) is 4.56. The second-order valence-electron chi connectivity index (χ2n) is 7.13. The molecule has 2 atom stereocenters. The second-order valence-corrected chi connectivity index (χ2v) is 8.81. The van der Waals surface area contributed by atoms with Gasteiger partial charge in [-0.2, -0.15) is 8.42 Å². The Morgan fingerprint density at radius 2 is 1.24 bits per heavy atom. The predicted octanol–water partition coefficient (Wildman–Crippen LogP) is 4.05. The minimum absolute atomic E-state index is 0. The van der Waals surface area contributed by atoms with Crippen molar-refractivity contribution in [1.82, 2.24) is 0 Å². The fourth-order valence-corrected chi connectivity index (χ4v) is 4.02. The Bertz CT molecular complexity index is 495. The average molecular weight is 449 g/mol. The van der Waals surface area contributed by atoms with Crippen molar-refractivity contribution in [2.75, 3.05) is 12.4 Å². The Morgan fingerprint density at radius 1 is 0.828 bits per heavy atom. The van der Waals surface area contributed by atoms with Gasteiger partial charge in [0, 0.05) is 0 Å². The van der Waals surface area contributed by atoms with Crippen LogP contribution in [-0.2, 0) is 23.9 Å². The molecule has 29 heavy (non-hydrogen) atoms. The van der Waals surface area contributed by atoms with E-state index in [2.05, 4.69) is 27.7 Å². The molecule has 0 amide bonds. The maximum atomic E-state index is 12.0. The number of carboxylic acids is 2. The summed E-state index contributed by atoms with van der Waals surface area (Å²) in [6.07, 6.45) is 7.88. The zero-order valence-electron chi connectivity index (χ0n) is 18.0. The van der Waals surface area contributed by atoms with Crippen LogP contribution in [0.3, 0.4) is 0 Å². The van der Waals surface area contributed by atoms with Crippen LogP contribution in [0.1, 0.15) is 91.9 Å². The van der Waals surface area contributed by atoms with E-state index >= 15 is 0 Å². The van der Waals surface area contributed by atoms with Crippen LogP contribution in [0.15, 0.2) is 0 Å². The molecule has 2 N–H and O–H groups in total. The van der Waals surface area contributed by atoms with Crippen molar-refractivity contribution in [3.63, 3.8) is 0 Å². The number of rotatable bonds is 16. The minimum atomic E-state index is -3.35. The molecule has 0 fully saturated rings. The third-order valence-corrected chi connectivity index (χ3v) is 5.94. The van der Waals surface area contributed by atoms with Crippen LogP contribution in [0.25, 0.3) is 0 Å². The van der Waals surface area contributed by atoms with Crippen LogP contribution in [0.4, 0.5) is 0 Å². The molecule has 0 heterocycles. The summed E-state index contributed by atoms with van der Waals surface area (Å²) in [7, 11) is -3.35. The fourth-order valence-electron chi connectivity index (χ4n) is 2.55. The van der Waals surface area contributed by atoms with Crippen LogP contribution >= 0.6 is 0 Å². The van der Waals surface area contributed by atoms with Crippen molar-refractivity contribution < 1.29 is 32.4 Å². The van der Waals surface area contributed by atoms with Crippen molar-refractivity contribution in [2.24, 2.45) is 11.8 Å². The summed E-state index contributed by atoms with van der Waals surface area (Å²) in [5.41, 5.74) is 0. The maximum absolute atomic E-state index is 12.0. The van der Waals surface area contributed by atoms with Crippen LogP contribution < -0.4 is 0 Å². The molecular weight excluding hydrogens is 407 g/mol. The Balaban J connectivity index is -0.000000636. The number of hydrogen-bond donors (Lipinski definition) is 2. The van der Waals surface area contributed by atoms with Crippen molar-refractivity contribution >= 4 is 51.6 Å². The first-order chi connectivity index (χ1) is 13.1. The van der Waals surface area contributed by atoms with E-state index in [-0.39, 0.29) is 54.1 Å². The number of carboxylic acid groups (broad SMARTS) is 2. The van der Waals surface area contributed by atoms with E-state index < -0.39 is 22.1 Å². The van der Waals surface area contributed by atoms with E-state index in [0.29, 0.717) is 12.5 Å². The van der Waals surface area contributed by atoms with Crippen LogP contribution in [-0.4, -0.2) is 72.5 Å².